The Morgan fingerprint density at radius 1 is 0.968 bits per heavy atom. The van der Waals surface area contributed by atoms with Crippen molar-refractivity contribution in [2.24, 2.45) is 0 Å². The largest absolute Gasteiger partial charge is 0.493 e. The van der Waals surface area contributed by atoms with Crippen molar-refractivity contribution in [2.45, 2.75) is 20.1 Å². The fourth-order valence-corrected chi connectivity index (χ4v) is 3.21. The number of anilines is 2. The molecule has 0 saturated heterocycles. The van der Waals surface area contributed by atoms with Crippen molar-refractivity contribution >= 4 is 11.6 Å². The van der Waals surface area contributed by atoms with E-state index in [0.29, 0.717) is 28.4 Å². The molecule has 0 spiro atoms. The lowest BCUT2D eigenvalue weighted by Gasteiger charge is -2.20. The van der Waals surface area contributed by atoms with E-state index in [1.165, 1.54) is 39.5 Å². The maximum absolute atomic E-state index is 13.7. The highest BCUT2D eigenvalue weighted by Crippen LogP contribution is 2.34. The zero-order valence-electron chi connectivity index (χ0n) is 17.7. The predicted molar refractivity (Wildman–Crippen MR) is 112 cm³/mol. The highest BCUT2D eigenvalue weighted by Gasteiger charge is 2.15. The van der Waals surface area contributed by atoms with Crippen LogP contribution >= 0.6 is 0 Å². The first-order valence-corrected chi connectivity index (χ1v) is 9.39. The lowest BCUT2D eigenvalue weighted by molar-refractivity contribution is 0.177. The minimum absolute atomic E-state index is 0.0648. The summed E-state index contributed by atoms with van der Waals surface area (Å²) in [4.78, 5) is 16.3. The first kappa shape index (κ1) is 22.2. The van der Waals surface area contributed by atoms with E-state index >= 15 is 0 Å². The van der Waals surface area contributed by atoms with Crippen LogP contribution in [0.1, 0.15) is 16.8 Å². The molecule has 0 aliphatic carbocycles. The maximum Gasteiger partial charge on any atom is 0.274 e. The average molecular weight is 431 g/mol. The number of rotatable bonds is 8. The van der Waals surface area contributed by atoms with Crippen molar-refractivity contribution in [1.82, 2.24) is 9.55 Å². The highest BCUT2D eigenvalue weighted by molar-refractivity contribution is 5.64. The standard InChI is InChI=1S/C22H23F2N3O4/c1-13-5-19(30-3)20(31-4)10-18(13)25-22-26-21(28)9-17(12-29-2)27(22)11-14-6-15(23)8-16(24)7-14/h5-10H,11-12H2,1-4H3,(H,25,26,28). The molecule has 1 aromatic heterocycles. The number of benzene rings is 2. The minimum atomic E-state index is -0.692. The molecule has 0 amide bonds. The zero-order valence-corrected chi connectivity index (χ0v) is 17.7. The van der Waals surface area contributed by atoms with Crippen LogP contribution in [0, 0.1) is 18.6 Å². The summed E-state index contributed by atoms with van der Waals surface area (Å²) < 4.78 is 44.9. The molecule has 164 valence electrons. The molecule has 9 heteroatoms. The Balaban J connectivity index is 2.10. The van der Waals surface area contributed by atoms with Gasteiger partial charge in [0.25, 0.3) is 5.56 Å². The van der Waals surface area contributed by atoms with Crippen molar-refractivity contribution in [3.05, 3.63) is 75.2 Å². The Morgan fingerprint density at radius 2 is 1.61 bits per heavy atom. The average Bonchev–Trinajstić information content (AvgIpc) is 2.71. The lowest BCUT2D eigenvalue weighted by Crippen LogP contribution is -2.21. The van der Waals surface area contributed by atoms with E-state index in [1.54, 1.807) is 16.7 Å². The molecule has 31 heavy (non-hydrogen) atoms. The second-order valence-electron chi connectivity index (χ2n) is 6.85. The van der Waals surface area contributed by atoms with Crippen LogP contribution in [0.25, 0.3) is 0 Å². The quantitative estimate of drug-likeness (QED) is 0.585. The van der Waals surface area contributed by atoms with Crippen LogP contribution in [0.15, 0.2) is 41.2 Å². The summed E-state index contributed by atoms with van der Waals surface area (Å²) >= 11 is 0. The fraction of sp³-hybridized carbons (Fsp3) is 0.273. The number of hydrogen-bond acceptors (Lipinski definition) is 6. The maximum atomic E-state index is 13.7. The van der Waals surface area contributed by atoms with Gasteiger partial charge in [0, 0.05) is 31.0 Å². The van der Waals surface area contributed by atoms with Gasteiger partial charge in [-0.3, -0.25) is 4.79 Å². The number of methoxy groups -OCH3 is 3. The lowest BCUT2D eigenvalue weighted by atomic mass is 10.1. The molecular formula is C22H23F2N3O4. The summed E-state index contributed by atoms with van der Waals surface area (Å²) in [6, 6.07) is 8.08. The highest BCUT2D eigenvalue weighted by atomic mass is 19.1. The topological polar surface area (TPSA) is 74.6 Å². The van der Waals surface area contributed by atoms with Crippen LogP contribution < -0.4 is 20.3 Å². The number of aryl methyl sites for hydroxylation is 1. The summed E-state index contributed by atoms with van der Waals surface area (Å²) in [7, 11) is 4.54. The van der Waals surface area contributed by atoms with Gasteiger partial charge in [-0.25, -0.2) is 8.78 Å². The number of nitrogens with one attached hydrogen (secondary N) is 1. The Morgan fingerprint density at radius 3 is 2.23 bits per heavy atom. The zero-order chi connectivity index (χ0) is 22.5. The Labute approximate surface area is 178 Å². The molecule has 0 aliphatic rings. The van der Waals surface area contributed by atoms with Crippen LogP contribution in [0.5, 0.6) is 11.5 Å². The Bertz CT molecular complexity index is 1130. The van der Waals surface area contributed by atoms with Gasteiger partial charge >= 0.3 is 0 Å². The van der Waals surface area contributed by atoms with Gasteiger partial charge in [0.15, 0.2) is 11.5 Å². The van der Waals surface area contributed by atoms with Crippen LogP contribution in [0.4, 0.5) is 20.4 Å². The predicted octanol–water partition coefficient (Wildman–Crippen LogP) is 3.79. The third kappa shape index (κ3) is 5.18. The number of halogens is 2. The number of hydrogen-bond donors (Lipinski definition) is 1. The van der Waals surface area contributed by atoms with Gasteiger partial charge in [0.05, 0.1) is 33.1 Å². The second-order valence-corrected chi connectivity index (χ2v) is 6.85. The van der Waals surface area contributed by atoms with Crippen LogP contribution in [0.3, 0.4) is 0 Å². The second kappa shape index (κ2) is 9.57. The van der Waals surface area contributed by atoms with Crippen LogP contribution in [-0.2, 0) is 17.9 Å². The third-order valence-corrected chi connectivity index (χ3v) is 4.64. The molecule has 1 N–H and O–H groups in total. The number of ether oxygens (including phenoxy) is 3. The molecular weight excluding hydrogens is 408 g/mol. The molecule has 0 saturated carbocycles. The molecule has 2 aromatic carbocycles. The molecule has 0 fully saturated rings. The fourth-order valence-electron chi connectivity index (χ4n) is 3.21. The van der Waals surface area contributed by atoms with Gasteiger partial charge in [-0.1, -0.05) is 0 Å². The van der Waals surface area contributed by atoms with E-state index in [-0.39, 0.29) is 19.1 Å². The summed E-state index contributed by atoms with van der Waals surface area (Å²) in [5, 5.41) is 3.13. The normalized spacial score (nSPS) is 10.8. The van der Waals surface area contributed by atoms with Crippen molar-refractivity contribution in [2.75, 3.05) is 26.6 Å². The van der Waals surface area contributed by atoms with Gasteiger partial charge in [0.1, 0.15) is 11.6 Å². The molecule has 7 nitrogen and oxygen atoms in total. The first-order valence-electron chi connectivity index (χ1n) is 9.39. The first-order chi connectivity index (χ1) is 14.8. The van der Waals surface area contributed by atoms with Gasteiger partial charge in [0.2, 0.25) is 5.95 Å². The molecule has 0 aliphatic heterocycles. The number of nitrogens with zero attached hydrogens (tertiary/aromatic N) is 2. The Hall–Kier alpha value is -3.46. The van der Waals surface area contributed by atoms with E-state index in [4.69, 9.17) is 14.2 Å². The van der Waals surface area contributed by atoms with Crippen LogP contribution in [0.2, 0.25) is 0 Å². The van der Waals surface area contributed by atoms with Crippen molar-refractivity contribution in [3.63, 3.8) is 0 Å². The summed E-state index contributed by atoms with van der Waals surface area (Å²) in [6.07, 6.45) is 0. The van der Waals surface area contributed by atoms with Crippen molar-refractivity contribution in [1.29, 1.82) is 0 Å². The van der Waals surface area contributed by atoms with E-state index < -0.39 is 17.2 Å². The summed E-state index contributed by atoms with van der Waals surface area (Å²) in [6.45, 7) is 2.03. The smallest absolute Gasteiger partial charge is 0.274 e. The molecule has 0 bridgehead atoms. The molecule has 3 aromatic rings. The van der Waals surface area contributed by atoms with Crippen LogP contribution in [-0.4, -0.2) is 30.9 Å². The van der Waals surface area contributed by atoms with E-state index in [1.807, 2.05) is 6.92 Å². The monoisotopic (exact) mass is 431 g/mol. The van der Waals surface area contributed by atoms with Gasteiger partial charge in [-0.15, -0.1) is 0 Å². The molecule has 1 heterocycles. The Kier molecular flexibility index (Phi) is 6.86. The van der Waals surface area contributed by atoms with Crippen molar-refractivity contribution in [3.8, 4) is 11.5 Å². The molecule has 3 rings (SSSR count). The van der Waals surface area contributed by atoms with Gasteiger partial charge in [-0.2, -0.15) is 4.98 Å². The summed E-state index contributed by atoms with van der Waals surface area (Å²) in [5.74, 6) is -0.145. The summed E-state index contributed by atoms with van der Waals surface area (Å²) in [5.41, 5.74) is 1.82. The van der Waals surface area contributed by atoms with Crippen molar-refractivity contribution < 1.29 is 23.0 Å². The molecule has 0 unspecified atom stereocenters. The van der Waals surface area contributed by atoms with E-state index in [0.717, 1.165) is 11.6 Å². The minimum Gasteiger partial charge on any atom is -0.493 e. The molecule has 0 radical (unpaired) electrons. The van der Waals surface area contributed by atoms with Gasteiger partial charge in [-0.05, 0) is 36.2 Å². The van der Waals surface area contributed by atoms with E-state index in [2.05, 4.69) is 10.3 Å². The third-order valence-electron chi connectivity index (χ3n) is 4.64. The SMILES string of the molecule is COCc1cc(=O)nc(Nc2cc(OC)c(OC)cc2C)n1Cc1cc(F)cc(F)c1. The van der Waals surface area contributed by atoms with Gasteiger partial charge < -0.3 is 24.1 Å². The molecule has 0 atom stereocenters. The van der Waals surface area contributed by atoms with E-state index in [9.17, 15) is 13.6 Å². The number of aromatic nitrogens is 2.